The number of ether oxygens (including phenoxy) is 1. The second-order valence-corrected chi connectivity index (χ2v) is 7.14. The maximum absolute atomic E-state index is 12.4. The molecule has 0 unspecified atom stereocenters. The molecule has 0 aliphatic carbocycles. The minimum Gasteiger partial charge on any atom is -0.491 e. The minimum absolute atomic E-state index is 0.0578. The number of benzene rings is 1. The monoisotopic (exact) mass is 346 g/mol. The quantitative estimate of drug-likeness (QED) is 0.792. The first kappa shape index (κ1) is 19.3. The molecule has 0 atom stereocenters. The summed E-state index contributed by atoms with van der Waals surface area (Å²) in [7, 11) is 0. The summed E-state index contributed by atoms with van der Waals surface area (Å²) in [4.78, 5) is 28.0. The minimum atomic E-state index is -0.0578. The van der Waals surface area contributed by atoms with E-state index in [1.165, 1.54) is 6.92 Å². The average molecular weight is 346 g/mol. The molecule has 1 fully saturated rings. The third-order valence-electron chi connectivity index (χ3n) is 4.59. The van der Waals surface area contributed by atoms with Gasteiger partial charge in [-0.15, -0.1) is 0 Å². The topological polar surface area (TPSA) is 49.9 Å². The molecule has 0 spiro atoms. The van der Waals surface area contributed by atoms with Crippen molar-refractivity contribution in [3.63, 3.8) is 0 Å². The van der Waals surface area contributed by atoms with Crippen LogP contribution in [0.15, 0.2) is 24.3 Å². The number of hydrogen-bond donors (Lipinski definition) is 0. The van der Waals surface area contributed by atoms with Crippen LogP contribution in [0, 0.1) is 5.92 Å². The fourth-order valence-electron chi connectivity index (χ4n) is 3.07. The summed E-state index contributed by atoms with van der Waals surface area (Å²) in [6.45, 7) is 9.79. The van der Waals surface area contributed by atoms with Crippen molar-refractivity contribution in [2.24, 2.45) is 5.92 Å². The van der Waals surface area contributed by atoms with Crippen LogP contribution in [-0.2, 0) is 9.59 Å². The first-order valence-corrected chi connectivity index (χ1v) is 9.19. The first-order chi connectivity index (χ1) is 11.9. The van der Waals surface area contributed by atoms with E-state index in [2.05, 4.69) is 6.92 Å². The molecule has 1 heterocycles. The number of amides is 2. The number of hydrogen-bond acceptors (Lipinski definition) is 3. The molecule has 1 aliphatic heterocycles. The third-order valence-corrected chi connectivity index (χ3v) is 4.59. The summed E-state index contributed by atoms with van der Waals surface area (Å²) >= 11 is 0. The van der Waals surface area contributed by atoms with Gasteiger partial charge in [0.1, 0.15) is 5.75 Å². The van der Waals surface area contributed by atoms with E-state index in [1.807, 2.05) is 43.0 Å². The number of carbonyl (C=O) groups is 2. The molecular weight excluding hydrogens is 316 g/mol. The SMILES string of the molecule is CC(=O)N(CCC(=O)N1CCC(C)CC1)c1ccc(OC(C)C)cc1. The Kier molecular flexibility index (Phi) is 6.85. The van der Waals surface area contributed by atoms with Gasteiger partial charge < -0.3 is 14.5 Å². The number of rotatable bonds is 6. The Balaban J connectivity index is 1.94. The Morgan fingerprint density at radius 1 is 1.20 bits per heavy atom. The lowest BCUT2D eigenvalue weighted by Gasteiger charge is -2.31. The molecule has 2 rings (SSSR count). The van der Waals surface area contributed by atoms with E-state index in [1.54, 1.807) is 4.90 Å². The molecule has 5 nitrogen and oxygen atoms in total. The van der Waals surface area contributed by atoms with Crippen molar-refractivity contribution < 1.29 is 14.3 Å². The molecule has 0 radical (unpaired) electrons. The first-order valence-electron chi connectivity index (χ1n) is 9.19. The van der Waals surface area contributed by atoms with Crippen molar-refractivity contribution in [2.75, 3.05) is 24.5 Å². The van der Waals surface area contributed by atoms with E-state index < -0.39 is 0 Å². The average Bonchev–Trinajstić information content (AvgIpc) is 2.56. The summed E-state index contributed by atoms with van der Waals surface area (Å²) in [6, 6.07) is 7.45. The Morgan fingerprint density at radius 3 is 2.32 bits per heavy atom. The summed E-state index contributed by atoms with van der Waals surface area (Å²) < 4.78 is 5.63. The molecule has 1 aromatic carbocycles. The van der Waals surface area contributed by atoms with E-state index in [0.717, 1.165) is 37.4 Å². The molecular formula is C20H30N2O3. The van der Waals surface area contributed by atoms with E-state index in [4.69, 9.17) is 4.74 Å². The number of carbonyl (C=O) groups excluding carboxylic acids is 2. The van der Waals surface area contributed by atoms with Gasteiger partial charge in [0.25, 0.3) is 0 Å². The highest BCUT2D eigenvalue weighted by Crippen LogP contribution is 2.21. The van der Waals surface area contributed by atoms with Gasteiger partial charge in [-0.05, 0) is 56.9 Å². The molecule has 5 heteroatoms. The summed E-state index contributed by atoms with van der Waals surface area (Å²) in [5.41, 5.74) is 0.795. The molecule has 25 heavy (non-hydrogen) atoms. The van der Waals surface area contributed by atoms with Crippen LogP contribution in [0.25, 0.3) is 0 Å². The zero-order valence-electron chi connectivity index (χ0n) is 15.8. The maximum Gasteiger partial charge on any atom is 0.224 e. The fourth-order valence-corrected chi connectivity index (χ4v) is 3.07. The smallest absolute Gasteiger partial charge is 0.224 e. The largest absolute Gasteiger partial charge is 0.491 e. The van der Waals surface area contributed by atoms with E-state index >= 15 is 0 Å². The Morgan fingerprint density at radius 2 is 1.80 bits per heavy atom. The molecule has 138 valence electrons. The van der Waals surface area contributed by atoms with Gasteiger partial charge in [-0.2, -0.15) is 0 Å². The molecule has 1 aromatic rings. The van der Waals surface area contributed by atoms with Crippen molar-refractivity contribution in [3.8, 4) is 5.75 Å². The standard InChI is InChI=1S/C20H30N2O3/c1-15(2)25-19-7-5-18(6-8-19)22(17(4)23)14-11-20(24)21-12-9-16(3)10-13-21/h5-8,15-16H,9-14H2,1-4H3. The Labute approximate surface area is 150 Å². The zero-order chi connectivity index (χ0) is 18.4. The van der Waals surface area contributed by atoms with Gasteiger partial charge in [0.05, 0.1) is 6.10 Å². The van der Waals surface area contributed by atoms with Crippen LogP contribution in [-0.4, -0.2) is 42.5 Å². The van der Waals surface area contributed by atoms with Crippen molar-refractivity contribution in [3.05, 3.63) is 24.3 Å². The van der Waals surface area contributed by atoms with E-state index in [-0.39, 0.29) is 17.9 Å². The summed E-state index contributed by atoms with van der Waals surface area (Å²) in [6.07, 6.45) is 2.61. The van der Waals surface area contributed by atoms with Gasteiger partial charge in [0, 0.05) is 38.7 Å². The predicted octanol–water partition coefficient (Wildman–Crippen LogP) is 3.48. The lowest BCUT2D eigenvalue weighted by Crippen LogP contribution is -2.40. The lowest BCUT2D eigenvalue weighted by molar-refractivity contribution is -0.132. The van der Waals surface area contributed by atoms with Gasteiger partial charge in [0.2, 0.25) is 11.8 Å². The Hall–Kier alpha value is -2.04. The second kappa shape index (κ2) is 8.88. The van der Waals surface area contributed by atoms with Gasteiger partial charge in [-0.1, -0.05) is 6.92 Å². The van der Waals surface area contributed by atoms with E-state index in [0.29, 0.717) is 18.9 Å². The number of likely N-dealkylation sites (tertiary alicyclic amines) is 1. The highest BCUT2D eigenvalue weighted by Gasteiger charge is 2.21. The zero-order valence-corrected chi connectivity index (χ0v) is 15.8. The van der Waals surface area contributed by atoms with Gasteiger partial charge in [-0.25, -0.2) is 0 Å². The molecule has 0 aromatic heterocycles. The van der Waals surface area contributed by atoms with Crippen LogP contribution in [0.4, 0.5) is 5.69 Å². The predicted molar refractivity (Wildman–Crippen MR) is 99.8 cm³/mol. The van der Waals surface area contributed by atoms with Crippen LogP contribution in [0.3, 0.4) is 0 Å². The highest BCUT2D eigenvalue weighted by atomic mass is 16.5. The van der Waals surface area contributed by atoms with Crippen LogP contribution < -0.4 is 9.64 Å². The highest BCUT2D eigenvalue weighted by molar-refractivity contribution is 5.92. The van der Waals surface area contributed by atoms with Gasteiger partial charge in [-0.3, -0.25) is 9.59 Å². The Bertz CT molecular complexity index is 575. The van der Waals surface area contributed by atoms with Crippen LogP contribution in [0.2, 0.25) is 0 Å². The third kappa shape index (κ3) is 5.76. The van der Waals surface area contributed by atoms with Gasteiger partial charge in [0.15, 0.2) is 0 Å². The van der Waals surface area contributed by atoms with Crippen molar-refractivity contribution in [1.82, 2.24) is 4.90 Å². The van der Waals surface area contributed by atoms with Crippen molar-refractivity contribution in [1.29, 1.82) is 0 Å². The van der Waals surface area contributed by atoms with Crippen molar-refractivity contribution >= 4 is 17.5 Å². The summed E-state index contributed by atoms with van der Waals surface area (Å²) in [5.74, 6) is 1.56. The molecule has 0 bridgehead atoms. The second-order valence-electron chi connectivity index (χ2n) is 7.14. The molecule has 1 aliphatic rings. The molecule has 0 N–H and O–H groups in total. The van der Waals surface area contributed by atoms with Crippen LogP contribution in [0.5, 0.6) is 5.75 Å². The van der Waals surface area contributed by atoms with Crippen LogP contribution >= 0.6 is 0 Å². The summed E-state index contributed by atoms with van der Waals surface area (Å²) in [5, 5.41) is 0. The number of nitrogens with zero attached hydrogens (tertiary/aromatic N) is 2. The van der Waals surface area contributed by atoms with Gasteiger partial charge >= 0.3 is 0 Å². The van der Waals surface area contributed by atoms with E-state index in [9.17, 15) is 9.59 Å². The molecule has 1 saturated heterocycles. The normalized spacial score (nSPS) is 15.3. The van der Waals surface area contributed by atoms with Crippen LogP contribution in [0.1, 0.15) is 47.0 Å². The lowest BCUT2D eigenvalue weighted by atomic mass is 9.99. The van der Waals surface area contributed by atoms with Crippen molar-refractivity contribution in [2.45, 2.75) is 53.1 Å². The number of piperidine rings is 1. The fraction of sp³-hybridized carbons (Fsp3) is 0.600. The molecule has 2 amide bonds. The maximum atomic E-state index is 12.4. The number of anilines is 1. The molecule has 0 saturated carbocycles.